The molecule has 0 aliphatic rings. The average Bonchev–Trinajstić information content (AvgIpc) is 2.62. The van der Waals surface area contributed by atoms with Crippen LogP contribution in [0.5, 0.6) is 0 Å². The van der Waals surface area contributed by atoms with Crippen LogP contribution in [-0.2, 0) is 0 Å². The zero-order valence-electron chi connectivity index (χ0n) is 13.7. The summed E-state index contributed by atoms with van der Waals surface area (Å²) in [6.45, 7) is 1.62. The van der Waals surface area contributed by atoms with Crippen molar-refractivity contribution in [3.63, 3.8) is 0 Å². The molecule has 3 N–H and O–H groups in total. The van der Waals surface area contributed by atoms with Gasteiger partial charge in [0.05, 0.1) is 11.3 Å². The summed E-state index contributed by atoms with van der Waals surface area (Å²) in [6.07, 6.45) is 0. The van der Waals surface area contributed by atoms with Crippen molar-refractivity contribution >= 4 is 17.4 Å². The van der Waals surface area contributed by atoms with Crippen molar-refractivity contribution < 1.29 is 14.7 Å². The van der Waals surface area contributed by atoms with Crippen LogP contribution in [0.2, 0.25) is 0 Å². The predicted octanol–water partition coefficient (Wildman–Crippen LogP) is 4.17. The van der Waals surface area contributed by atoms with Gasteiger partial charge in [0, 0.05) is 16.7 Å². The molecule has 0 unspecified atom stereocenters. The van der Waals surface area contributed by atoms with Crippen molar-refractivity contribution in [3.8, 4) is 11.1 Å². The molecule has 3 aromatic rings. The maximum Gasteiger partial charge on any atom is 0.338 e. The third-order valence-corrected chi connectivity index (χ3v) is 4.21. The Morgan fingerprint density at radius 2 is 1.48 bits per heavy atom. The van der Waals surface area contributed by atoms with Gasteiger partial charge >= 0.3 is 5.97 Å². The number of hydrogen-bond donors (Lipinski definition) is 2. The first kappa shape index (κ1) is 16.5. The van der Waals surface area contributed by atoms with E-state index < -0.39 is 5.97 Å². The van der Waals surface area contributed by atoms with E-state index in [1.165, 1.54) is 0 Å². The molecule has 0 radical (unpaired) electrons. The van der Waals surface area contributed by atoms with E-state index in [2.05, 4.69) is 0 Å². The van der Waals surface area contributed by atoms with E-state index in [1.807, 2.05) is 36.4 Å². The van der Waals surface area contributed by atoms with E-state index in [4.69, 9.17) is 5.73 Å². The monoisotopic (exact) mass is 331 g/mol. The summed E-state index contributed by atoms with van der Waals surface area (Å²) in [5, 5.41) is 9.60. The van der Waals surface area contributed by atoms with Crippen molar-refractivity contribution in [2.45, 2.75) is 6.92 Å². The van der Waals surface area contributed by atoms with E-state index in [0.717, 1.165) is 5.56 Å². The minimum Gasteiger partial charge on any atom is -0.478 e. The number of aromatic carboxylic acids is 1. The van der Waals surface area contributed by atoms with Gasteiger partial charge in [-0.25, -0.2) is 4.79 Å². The Morgan fingerprint density at radius 1 is 0.920 bits per heavy atom. The van der Waals surface area contributed by atoms with Gasteiger partial charge < -0.3 is 10.8 Å². The van der Waals surface area contributed by atoms with Crippen molar-refractivity contribution in [1.82, 2.24) is 0 Å². The molecular weight excluding hydrogens is 314 g/mol. The maximum atomic E-state index is 12.9. The summed E-state index contributed by atoms with van der Waals surface area (Å²) in [5.74, 6) is -1.37. The molecule has 0 saturated carbocycles. The highest BCUT2D eigenvalue weighted by Crippen LogP contribution is 2.34. The second-order valence-corrected chi connectivity index (χ2v) is 5.75. The number of carbonyl (C=O) groups is 2. The Morgan fingerprint density at radius 3 is 2.04 bits per heavy atom. The fraction of sp³-hybridized carbons (Fsp3) is 0.0476. The minimum atomic E-state index is -1.14. The average molecular weight is 331 g/mol. The molecule has 0 heterocycles. The molecule has 25 heavy (non-hydrogen) atoms. The van der Waals surface area contributed by atoms with Gasteiger partial charge in [0.25, 0.3) is 0 Å². The van der Waals surface area contributed by atoms with Crippen LogP contribution >= 0.6 is 0 Å². The number of carboxylic acids is 1. The largest absolute Gasteiger partial charge is 0.478 e. The number of anilines is 1. The Balaban J connectivity index is 2.27. The normalized spacial score (nSPS) is 10.4. The Bertz CT molecular complexity index is 948. The minimum absolute atomic E-state index is 0.0272. The lowest BCUT2D eigenvalue weighted by atomic mass is 9.89. The van der Waals surface area contributed by atoms with Gasteiger partial charge in [0.15, 0.2) is 5.78 Å². The lowest BCUT2D eigenvalue weighted by Gasteiger charge is -2.16. The highest BCUT2D eigenvalue weighted by Gasteiger charge is 2.23. The number of rotatable bonds is 4. The summed E-state index contributed by atoms with van der Waals surface area (Å²) in [6, 6.07) is 19.7. The van der Waals surface area contributed by atoms with Crippen LogP contribution in [0.25, 0.3) is 11.1 Å². The summed E-state index contributed by atoms with van der Waals surface area (Å²) in [5.41, 5.74) is 8.81. The zero-order chi connectivity index (χ0) is 18.0. The topological polar surface area (TPSA) is 80.4 Å². The molecule has 4 nitrogen and oxygen atoms in total. The van der Waals surface area contributed by atoms with Gasteiger partial charge in [-0.05, 0) is 24.1 Å². The number of nitrogen functional groups attached to an aromatic ring is 1. The first-order valence-corrected chi connectivity index (χ1v) is 7.82. The third kappa shape index (κ3) is 3.02. The van der Waals surface area contributed by atoms with Gasteiger partial charge in [-0.15, -0.1) is 0 Å². The standard InChI is InChI=1S/C21H17NO3/c1-13-16(20(23)15-10-6-3-7-11-15)12-17(14-8-4-2-5-9-14)19(22)18(13)21(24)25/h2-12H,22H2,1H3,(H,24,25). The van der Waals surface area contributed by atoms with E-state index in [9.17, 15) is 14.7 Å². The van der Waals surface area contributed by atoms with Crippen molar-refractivity contribution in [3.05, 3.63) is 89.0 Å². The van der Waals surface area contributed by atoms with Gasteiger partial charge in [-0.2, -0.15) is 0 Å². The molecule has 0 bridgehead atoms. The molecule has 0 atom stereocenters. The number of carboxylic acid groups (broad SMARTS) is 1. The molecule has 0 amide bonds. The lowest BCUT2D eigenvalue weighted by Crippen LogP contribution is -2.13. The molecule has 0 aliphatic carbocycles. The second kappa shape index (κ2) is 6.61. The van der Waals surface area contributed by atoms with Crippen LogP contribution in [0.1, 0.15) is 31.8 Å². The highest BCUT2D eigenvalue weighted by atomic mass is 16.4. The van der Waals surface area contributed by atoms with E-state index in [0.29, 0.717) is 22.3 Å². The van der Waals surface area contributed by atoms with Crippen LogP contribution in [0.4, 0.5) is 5.69 Å². The van der Waals surface area contributed by atoms with Gasteiger partial charge in [0.1, 0.15) is 0 Å². The molecule has 3 aromatic carbocycles. The Hall–Kier alpha value is -3.40. The van der Waals surface area contributed by atoms with Crippen LogP contribution in [0, 0.1) is 6.92 Å². The van der Waals surface area contributed by atoms with Crippen LogP contribution in [-0.4, -0.2) is 16.9 Å². The first-order chi connectivity index (χ1) is 12.0. The maximum absolute atomic E-state index is 12.9. The van der Waals surface area contributed by atoms with E-state index in [1.54, 1.807) is 37.3 Å². The molecule has 4 heteroatoms. The molecule has 124 valence electrons. The quantitative estimate of drug-likeness (QED) is 0.555. The number of hydrogen-bond acceptors (Lipinski definition) is 3. The molecule has 0 spiro atoms. The van der Waals surface area contributed by atoms with E-state index >= 15 is 0 Å². The molecule has 0 fully saturated rings. The summed E-state index contributed by atoms with van der Waals surface area (Å²) in [7, 11) is 0. The molecule has 0 aromatic heterocycles. The number of nitrogens with two attached hydrogens (primary N) is 1. The smallest absolute Gasteiger partial charge is 0.338 e. The summed E-state index contributed by atoms with van der Waals surface area (Å²) < 4.78 is 0. The Kier molecular flexibility index (Phi) is 4.35. The van der Waals surface area contributed by atoms with Crippen LogP contribution in [0.15, 0.2) is 66.7 Å². The van der Waals surface area contributed by atoms with Crippen molar-refractivity contribution in [1.29, 1.82) is 0 Å². The summed E-state index contributed by atoms with van der Waals surface area (Å²) >= 11 is 0. The lowest BCUT2D eigenvalue weighted by molar-refractivity contribution is 0.0697. The molecule has 0 aliphatic heterocycles. The fourth-order valence-corrected chi connectivity index (χ4v) is 2.91. The first-order valence-electron chi connectivity index (χ1n) is 7.82. The SMILES string of the molecule is Cc1c(C(=O)c2ccccc2)cc(-c2ccccc2)c(N)c1C(=O)O. The van der Waals surface area contributed by atoms with Gasteiger partial charge in [-0.3, -0.25) is 4.79 Å². The molecular formula is C21H17NO3. The Labute approximate surface area is 145 Å². The number of ketones is 1. The number of benzene rings is 3. The molecule has 3 rings (SSSR count). The zero-order valence-corrected chi connectivity index (χ0v) is 13.7. The molecule has 0 saturated heterocycles. The third-order valence-electron chi connectivity index (χ3n) is 4.21. The summed E-state index contributed by atoms with van der Waals surface area (Å²) in [4.78, 5) is 24.6. The van der Waals surface area contributed by atoms with Gasteiger partial charge in [-0.1, -0.05) is 60.7 Å². The highest BCUT2D eigenvalue weighted by molar-refractivity contribution is 6.13. The van der Waals surface area contributed by atoms with Gasteiger partial charge in [0.2, 0.25) is 0 Å². The number of carbonyl (C=O) groups excluding carboxylic acids is 1. The predicted molar refractivity (Wildman–Crippen MR) is 97.9 cm³/mol. The van der Waals surface area contributed by atoms with Crippen molar-refractivity contribution in [2.75, 3.05) is 5.73 Å². The second-order valence-electron chi connectivity index (χ2n) is 5.75. The fourth-order valence-electron chi connectivity index (χ4n) is 2.91. The van der Waals surface area contributed by atoms with Crippen LogP contribution in [0.3, 0.4) is 0 Å². The van der Waals surface area contributed by atoms with Crippen LogP contribution < -0.4 is 5.73 Å². The van der Waals surface area contributed by atoms with Crippen molar-refractivity contribution in [2.24, 2.45) is 0 Å². The van der Waals surface area contributed by atoms with E-state index in [-0.39, 0.29) is 17.0 Å².